The van der Waals surface area contributed by atoms with Crippen LogP contribution in [0.5, 0.6) is 0 Å². The van der Waals surface area contributed by atoms with Gasteiger partial charge in [-0.25, -0.2) is 13.1 Å². The standard InChI is InChI=1S/C12H25NO3S/c1-12(2,3)8-9-17(15,16)13-10-6-4-5-7-11(10)14/h10-11,13-14H,4-9H2,1-3H3/t10-,11-/m0/s1. The summed E-state index contributed by atoms with van der Waals surface area (Å²) in [6, 6.07) is -0.284. The molecule has 0 aromatic carbocycles. The Kier molecular flexibility index (Phi) is 4.98. The lowest BCUT2D eigenvalue weighted by atomic mass is 9.93. The van der Waals surface area contributed by atoms with Gasteiger partial charge in [-0.1, -0.05) is 33.6 Å². The second-order valence-electron chi connectivity index (χ2n) is 6.21. The van der Waals surface area contributed by atoms with Gasteiger partial charge in [-0.15, -0.1) is 0 Å². The third-order valence-electron chi connectivity index (χ3n) is 3.18. The fourth-order valence-corrected chi connectivity index (χ4v) is 3.71. The van der Waals surface area contributed by atoms with E-state index in [1.807, 2.05) is 20.8 Å². The zero-order valence-corrected chi connectivity index (χ0v) is 11.9. The average Bonchev–Trinajstić information content (AvgIpc) is 2.18. The zero-order chi connectivity index (χ0) is 13.1. The first kappa shape index (κ1) is 14.9. The lowest BCUT2D eigenvalue weighted by Gasteiger charge is -2.28. The summed E-state index contributed by atoms with van der Waals surface area (Å²) in [5.41, 5.74) is 0.0138. The molecule has 0 bridgehead atoms. The average molecular weight is 263 g/mol. The summed E-state index contributed by atoms with van der Waals surface area (Å²) in [5, 5.41) is 9.73. The van der Waals surface area contributed by atoms with Gasteiger partial charge in [-0.2, -0.15) is 0 Å². The van der Waals surface area contributed by atoms with E-state index in [1.54, 1.807) is 0 Å². The first-order valence-corrected chi connectivity index (χ1v) is 8.03. The third-order valence-corrected chi connectivity index (χ3v) is 4.58. The highest BCUT2D eigenvalue weighted by molar-refractivity contribution is 7.89. The maximum atomic E-state index is 11.9. The summed E-state index contributed by atoms with van der Waals surface area (Å²) in [6.45, 7) is 6.08. The molecule has 102 valence electrons. The quantitative estimate of drug-likeness (QED) is 0.810. The van der Waals surface area contributed by atoms with Gasteiger partial charge >= 0.3 is 0 Å². The first-order chi connectivity index (χ1) is 7.70. The van der Waals surface area contributed by atoms with Crippen molar-refractivity contribution in [1.82, 2.24) is 4.72 Å². The van der Waals surface area contributed by atoms with Crippen molar-refractivity contribution in [3.05, 3.63) is 0 Å². The number of hydrogen-bond donors (Lipinski definition) is 2. The molecule has 2 N–H and O–H groups in total. The van der Waals surface area contributed by atoms with Crippen molar-refractivity contribution in [2.24, 2.45) is 5.41 Å². The number of hydrogen-bond acceptors (Lipinski definition) is 3. The molecular weight excluding hydrogens is 238 g/mol. The molecule has 0 aromatic rings. The number of rotatable bonds is 4. The molecule has 1 rings (SSSR count). The predicted molar refractivity (Wildman–Crippen MR) is 69.3 cm³/mol. The fraction of sp³-hybridized carbons (Fsp3) is 1.00. The van der Waals surface area contributed by atoms with Crippen LogP contribution >= 0.6 is 0 Å². The first-order valence-electron chi connectivity index (χ1n) is 6.38. The smallest absolute Gasteiger partial charge is 0.211 e. The molecule has 0 saturated heterocycles. The normalized spacial score (nSPS) is 27.1. The molecule has 0 heterocycles. The molecule has 0 unspecified atom stereocenters. The maximum absolute atomic E-state index is 11.9. The van der Waals surface area contributed by atoms with Crippen LogP contribution in [0.25, 0.3) is 0 Å². The Hall–Kier alpha value is -0.130. The molecule has 1 aliphatic carbocycles. The molecule has 0 radical (unpaired) electrons. The Morgan fingerprint density at radius 1 is 1.24 bits per heavy atom. The predicted octanol–water partition coefficient (Wildman–Crippen LogP) is 1.65. The van der Waals surface area contributed by atoms with Crippen LogP contribution in [0.15, 0.2) is 0 Å². The van der Waals surface area contributed by atoms with E-state index in [0.29, 0.717) is 12.8 Å². The largest absolute Gasteiger partial charge is 0.391 e. The molecular formula is C12H25NO3S. The number of aliphatic hydroxyl groups excluding tert-OH is 1. The zero-order valence-electron chi connectivity index (χ0n) is 11.1. The van der Waals surface area contributed by atoms with Gasteiger partial charge in [-0.05, 0) is 24.7 Å². The molecule has 0 aromatic heterocycles. The van der Waals surface area contributed by atoms with E-state index in [-0.39, 0.29) is 17.2 Å². The number of sulfonamides is 1. The Morgan fingerprint density at radius 2 is 1.82 bits per heavy atom. The van der Waals surface area contributed by atoms with Gasteiger partial charge in [-0.3, -0.25) is 0 Å². The molecule has 0 amide bonds. The minimum atomic E-state index is -3.26. The minimum Gasteiger partial charge on any atom is -0.391 e. The van der Waals surface area contributed by atoms with Crippen molar-refractivity contribution in [3.8, 4) is 0 Å². The van der Waals surface area contributed by atoms with Gasteiger partial charge in [0.1, 0.15) is 0 Å². The van der Waals surface area contributed by atoms with Crippen molar-refractivity contribution in [3.63, 3.8) is 0 Å². The Labute approximate surface area is 105 Å². The van der Waals surface area contributed by atoms with Gasteiger partial charge in [0.15, 0.2) is 0 Å². The molecule has 1 saturated carbocycles. The van der Waals surface area contributed by atoms with Crippen LogP contribution in [0, 0.1) is 5.41 Å². The van der Waals surface area contributed by atoms with Crippen molar-refractivity contribution >= 4 is 10.0 Å². The number of nitrogens with one attached hydrogen (secondary N) is 1. The lowest BCUT2D eigenvalue weighted by Crippen LogP contribution is -2.46. The van der Waals surface area contributed by atoms with Crippen LogP contribution in [-0.2, 0) is 10.0 Å². The third kappa shape index (κ3) is 5.84. The van der Waals surface area contributed by atoms with Crippen LogP contribution in [-0.4, -0.2) is 31.4 Å². The molecule has 1 fully saturated rings. The van der Waals surface area contributed by atoms with Crippen LogP contribution in [0.3, 0.4) is 0 Å². The van der Waals surface area contributed by atoms with Crippen molar-refractivity contribution in [1.29, 1.82) is 0 Å². The summed E-state index contributed by atoms with van der Waals surface area (Å²) < 4.78 is 26.4. The van der Waals surface area contributed by atoms with Gasteiger partial charge < -0.3 is 5.11 Å². The Bertz CT molecular complexity index is 332. The van der Waals surface area contributed by atoms with E-state index in [1.165, 1.54) is 0 Å². The molecule has 4 nitrogen and oxygen atoms in total. The highest BCUT2D eigenvalue weighted by atomic mass is 32.2. The second-order valence-corrected chi connectivity index (χ2v) is 8.08. The minimum absolute atomic E-state index is 0.0138. The molecule has 1 aliphatic rings. The lowest BCUT2D eigenvalue weighted by molar-refractivity contribution is 0.101. The van der Waals surface area contributed by atoms with Crippen LogP contribution in [0.4, 0.5) is 0 Å². The van der Waals surface area contributed by atoms with E-state index < -0.39 is 16.1 Å². The van der Waals surface area contributed by atoms with Crippen LogP contribution < -0.4 is 4.72 Å². The van der Waals surface area contributed by atoms with Gasteiger partial charge in [0.05, 0.1) is 11.9 Å². The topological polar surface area (TPSA) is 66.4 Å². The van der Waals surface area contributed by atoms with E-state index in [0.717, 1.165) is 19.3 Å². The Balaban J connectivity index is 2.48. The summed E-state index contributed by atoms with van der Waals surface area (Å²) in [4.78, 5) is 0. The fourth-order valence-electron chi connectivity index (χ4n) is 1.98. The van der Waals surface area contributed by atoms with Crippen LogP contribution in [0.1, 0.15) is 52.9 Å². The molecule has 5 heteroatoms. The Morgan fingerprint density at radius 3 is 2.35 bits per heavy atom. The molecule has 2 atom stereocenters. The summed E-state index contributed by atoms with van der Waals surface area (Å²) in [6.07, 6.45) is 3.53. The van der Waals surface area contributed by atoms with E-state index in [9.17, 15) is 13.5 Å². The van der Waals surface area contributed by atoms with E-state index in [4.69, 9.17) is 0 Å². The SMILES string of the molecule is CC(C)(C)CCS(=O)(=O)N[C@H]1CCCC[C@@H]1O. The summed E-state index contributed by atoms with van der Waals surface area (Å²) in [5.74, 6) is 0.139. The highest BCUT2D eigenvalue weighted by Gasteiger charge is 2.27. The molecule has 0 spiro atoms. The maximum Gasteiger partial charge on any atom is 0.211 e. The molecule has 0 aliphatic heterocycles. The summed E-state index contributed by atoms with van der Waals surface area (Å²) in [7, 11) is -3.26. The van der Waals surface area contributed by atoms with Gasteiger partial charge in [0.25, 0.3) is 0 Å². The van der Waals surface area contributed by atoms with E-state index >= 15 is 0 Å². The van der Waals surface area contributed by atoms with Gasteiger partial charge in [0.2, 0.25) is 10.0 Å². The monoisotopic (exact) mass is 263 g/mol. The van der Waals surface area contributed by atoms with Gasteiger partial charge in [0, 0.05) is 6.04 Å². The summed E-state index contributed by atoms with van der Waals surface area (Å²) >= 11 is 0. The van der Waals surface area contributed by atoms with E-state index in [2.05, 4.69) is 4.72 Å². The van der Waals surface area contributed by atoms with Crippen molar-refractivity contribution in [2.75, 3.05) is 5.75 Å². The number of aliphatic hydroxyl groups is 1. The highest BCUT2D eigenvalue weighted by Crippen LogP contribution is 2.21. The molecule has 17 heavy (non-hydrogen) atoms. The van der Waals surface area contributed by atoms with Crippen LogP contribution in [0.2, 0.25) is 0 Å². The van der Waals surface area contributed by atoms with Crippen molar-refractivity contribution < 1.29 is 13.5 Å². The second kappa shape index (κ2) is 5.67. The van der Waals surface area contributed by atoms with Crippen molar-refractivity contribution in [2.45, 2.75) is 65.0 Å².